The van der Waals surface area contributed by atoms with Crippen molar-refractivity contribution in [1.82, 2.24) is 0 Å². The van der Waals surface area contributed by atoms with Crippen molar-refractivity contribution >= 4 is 20.0 Å². The molecule has 3 atom stereocenters. The lowest BCUT2D eigenvalue weighted by Crippen LogP contribution is -2.48. The molecule has 1 aliphatic rings. The van der Waals surface area contributed by atoms with Crippen LogP contribution in [0.25, 0.3) is 0 Å². The molecule has 0 amide bonds. The summed E-state index contributed by atoms with van der Waals surface area (Å²) in [5.41, 5.74) is 0. The molecule has 0 N–H and O–H groups in total. The first kappa shape index (κ1) is 20.6. The van der Waals surface area contributed by atoms with E-state index in [1.807, 2.05) is 6.08 Å². The molecule has 6 heteroatoms. The molecule has 0 bridgehead atoms. The zero-order valence-electron chi connectivity index (χ0n) is 15.5. The predicted octanol–water partition coefficient (Wildman–Crippen LogP) is 3.41. The van der Waals surface area contributed by atoms with Crippen molar-refractivity contribution in [3.8, 4) is 0 Å². The highest BCUT2D eigenvalue weighted by molar-refractivity contribution is 6.86. The van der Waals surface area contributed by atoms with Gasteiger partial charge < -0.3 is 14.2 Å². The van der Waals surface area contributed by atoms with Gasteiger partial charge in [-0.25, -0.2) is 0 Å². The summed E-state index contributed by atoms with van der Waals surface area (Å²) in [5.74, 6) is -0.690. The minimum Gasteiger partial charge on any atom is -0.463 e. The number of carbonyl (C=O) groups excluding carboxylic acids is 2. The molecule has 0 saturated carbocycles. The maximum atomic E-state index is 11.4. The average Bonchev–Trinajstić information content (AvgIpc) is 2.55. The van der Waals surface area contributed by atoms with Crippen LogP contribution in [0.1, 0.15) is 34.6 Å². The van der Waals surface area contributed by atoms with Gasteiger partial charge in [0, 0.05) is 13.8 Å². The monoisotopic (exact) mass is 354 g/mol. The number of carbonyl (C=O) groups is 2. The van der Waals surface area contributed by atoms with Gasteiger partial charge in [0.05, 0.1) is 8.07 Å². The van der Waals surface area contributed by atoms with Gasteiger partial charge in [0.1, 0.15) is 24.9 Å². The van der Waals surface area contributed by atoms with Gasteiger partial charge in [-0.2, -0.15) is 0 Å². The number of hydrogen-bond donors (Lipinski definition) is 0. The van der Waals surface area contributed by atoms with E-state index in [9.17, 15) is 9.59 Å². The lowest BCUT2D eigenvalue weighted by atomic mass is 10.1. The van der Waals surface area contributed by atoms with E-state index in [1.165, 1.54) is 13.8 Å². The fourth-order valence-corrected chi connectivity index (χ4v) is 6.94. The molecule has 5 nitrogen and oxygen atoms in total. The Morgan fingerprint density at radius 2 is 1.67 bits per heavy atom. The Labute approximate surface area is 146 Å². The van der Waals surface area contributed by atoms with E-state index >= 15 is 0 Å². The summed E-state index contributed by atoms with van der Waals surface area (Å²) in [6, 6.07) is 3.22. The Hall–Kier alpha value is -1.40. The van der Waals surface area contributed by atoms with Gasteiger partial charge >= 0.3 is 11.9 Å². The summed E-state index contributed by atoms with van der Waals surface area (Å²) >= 11 is 0. The largest absolute Gasteiger partial charge is 0.463 e. The van der Waals surface area contributed by atoms with Crippen LogP contribution in [0.3, 0.4) is 0 Å². The van der Waals surface area contributed by atoms with Crippen LogP contribution in [0.5, 0.6) is 0 Å². The molecule has 0 unspecified atom stereocenters. The van der Waals surface area contributed by atoms with Crippen LogP contribution >= 0.6 is 0 Å². The van der Waals surface area contributed by atoms with Crippen LogP contribution in [-0.4, -0.2) is 44.9 Å². The van der Waals surface area contributed by atoms with E-state index in [1.54, 1.807) is 6.08 Å². The summed E-state index contributed by atoms with van der Waals surface area (Å²) < 4.78 is 16.6. The van der Waals surface area contributed by atoms with E-state index in [2.05, 4.69) is 27.4 Å². The molecule has 0 spiro atoms. The molecular weight excluding hydrogens is 324 g/mol. The third-order valence-electron chi connectivity index (χ3n) is 4.94. The van der Waals surface area contributed by atoms with Gasteiger partial charge in [-0.3, -0.25) is 9.59 Å². The molecule has 0 fully saturated rings. The molecule has 136 valence electrons. The fraction of sp³-hybridized carbons (Fsp3) is 0.667. The second-order valence-corrected chi connectivity index (χ2v) is 11.5. The summed E-state index contributed by atoms with van der Waals surface area (Å²) in [6.45, 7) is 13.9. The average molecular weight is 355 g/mol. The van der Waals surface area contributed by atoms with Crippen LogP contribution in [0.2, 0.25) is 18.1 Å². The maximum absolute atomic E-state index is 11.4. The Bertz CT molecular complexity index is 487. The normalized spacial score (nSPS) is 23.6. The highest BCUT2D eigenvalue weighted by Crippen LogP contribution is 2.34. The molecule has 0 saturated heterocycles. The number of rotatable bonds is 8. The SMILES string of the molecule is C=C([C@H]1O[C@H](COC(C)=O)C=C[C@H]1OC(C)=O)[Si](CC)(CC)CC. The fourth-order valence-electron chi connectivity index (χ4n) is 3.25. The van der Waals surface area contributed by atoms with E-state index in [-0.39, 0.29) is 30.8 Å². The van der Waals surface area contributed by atoms with Crippen molar-refractivity contribution in [3.05, 3.63) is 23.9 Å². The highest BCUT2D eigenvalue weighted by Gasteiger charge is 2.41. The topological polar surface area (TPSA) is 61.8 Å². The van der Waals surface area contributed by atoms with Crippen molar-refractivity contribution in [2.45, 2.75) is 71.1 Å². The molecular formula is C18H30O5Si. The summed E-state index contributed by atoms with van der Waals surface area (Å²) in [4.78, 5) is 22.5. The van der Waals surface area contributed by atoms with Gasteiger partial charge in [0.2, 0.25) is 0 Å². The van der Waals surface area contributed by atoms with E-state index in [4.69, 9.17) is 14.2 Å². The first-order valence-corrected chi connectivity index (χ1v) is 11.2. The minimum atomic E-state index is -1.73. The van der Waals surface area contributed by atoms with Crippen molar-refractivity contribution in [3.63, 3.8) is 0 Å². The molecule has 1 heterocycles. The molecule has 0 aromatic rings. The van der Waals surface area contributed by atoms with Crippen LogP contribution in [0.4, 0.5) is 0 Å². The minimum absolute atomic E-state index is 0.154. The smallest absolute Gasteiger partial charge is 0.303 e. The first-order chi connectivity index (χ1) is 11.3. The second-order valence-electron chi connectivity index (χ2n) is 6.22. The summed E-state index contributed by atoms with van der Waals surface area (Å²) in [7, 11) is -1.73. The number of hydrogen-bond acceptors (Lipinski definition) is 5. The third kappa shape index (κ3) is 5.04. The molecule has 24 heavy (non-hydrogen) atoms. The van der Waals surface area contributed by atoms with Gasteiger partial charge in [-0.1, -0.05) is 50.2 Å². The Kier molecular flexibility index (Phi) is 7.89. The Balaban J connectivity index is 3.03. The van der Waals surface area contributed by atoms with Crippen LogP contribution in [0, 0.1) is 0 Å². The summed E-state index contributed by atoms with van der Waals surface area (Å²) in [6.07, 6.45) is 2.41. The standard InChI is InChI=1S/C18H30O5Si/c1-7-24(8-2,9-3)13(4)18-17(22-15(6)20)11-10-16(23-18)12-21-14(5)19/h10-11,16-18H,4,7-9,12H2,1-3,5-6H3/t16-,17+,18+/m0/s1. The van der Waals surface area contributed by atoms with Gasteiger partial charge in [0.15, 0.2) is 0 Å². The van der Waals surface area contributed by atoms with Crippen LogP contribution in [0.15, 0.2) is 23.9 Å². The molecule has 0 aromatic heterocycles. The quantitative estimate of drug-likeness (QED) is 0.380. The number of esters is 2. The highest BCUT2D eigenvalue weighted by atomic mass is 28.3. The van der Waals surface area contributed by atoms with E-state index in [0.29, 0.717) is 0 Å². The van der Waals surface area contributed by atoms with Crippen molar-refractivity contribution in [1.29, 1.82) is 0 Å². The van der Waals surface area contributed by atoms with Gasteiger partial charge in [-0.05, 0) is 6.08 Å². The molecule has 1 aliphatic heterocycles. The van der Waals surface area contributed by atoms with Crippen LogP contribution < -0.4 is 0 Å². The molecule has 0 radical (unpaired) electrons. The second kappa shape index (κ2) is 9.18. The van der Waals surface area contributed by atoms with Gasteiger partial charge in [-0.15, -0.1) is 6.58 Å². The van der Waals surface area contributed by atoms with E-state index in [0.717, 1.165) is 23.3 Å². The van der Waals surface area contributed by atoms with Crippen LogP contribution in [-0.2, 0) is 23.8 Å². The lowest BCUT2D eigenvalue weighted by molar-refractivity contribution is -0.155. The lowest BCUT2D eigenvalue weighted by Gasteiger charge is -2.40. The van der Waals surface area contributed by atoms with Gasteiger partial charge in [0.25, 0.3) is 0 Å². The summed E-state index contributed by atoms with van der Waals surface area (Å²) in [5, 5.41) is 1.07. The predicted molar refractivity (Wildman–Crippen MR) is 96.3 cm³/mol. The van der Waals surface area contributed by atoms with Crippen molar-refractivity contribution < 1.29 is 23.8 Å². The Morgan fingerprint density at radius 3 is 2.12 bits per heavy atom. The van der Waals surface area contributed by atoms with Crippen molar-refractivity contribution in [2.24, 2.45) is 0 Å². The molecule has 1 rings (SSSR count). The first-order valence-electron chi connectivity index (χ1n) is 8.63. The molecule has 0 aromatic carbocycles. The zero-order valence-corrected chi connectivity index (χ0v) is 16.5. The van der Waals surface area contributed by atoms with Crippen molar-refractivity contribution in [2.75, 3.05) is 6.61 Å². The maximum Gasteiger partial charge on any atom is 0.303 e. The zero-order chi connectivity index (χ0) is 18.3. The number of ether oxygens (including phenoxy) is 3. The Morgan fingerprint density at radius 1 is 1.08 bits per heavy atom. The van der Waals surface area contributed by atoms with E-state index < -0.39 is 14.2 Å². The third-order valence-corrected chi connectivity index (χ3v) is 10.7. The molecule has 0 aliphatic carbocycles.